The van der Waals surface area contributed by atoms with Crippen LogP contribution in [0.1, 0.15) is 0 Å². The Morgan fingerprint density at radius 1 is 0.667 bits per heavy atom. The molecular weight excluding hydrogens is 160 g/mol. The fourth-order valence-electron chi connectivity index (χ4n) is 0.756. The third kappa shape index (κ3) is 1.27. The van der Waals surface area contributed by atoms with Crippen molar-refractivity contribution < 1.29 is 18.9 Å². The highest BCUT2D eigenvalue weighted by Gasteiger charge is 2.12. The molecule has 0 aliphatic carbocycles. The lowest BCUT2D eigenvalue weighted by atomic mass is 10.4. The molecule has 4 heteroatoms. The van der Waals surface area contributed by atoms with Gasteiger partial charge in [0.25, 0.3) is 0 Å². The smallest absolute Gasteiger partial charge is 0.207 e. The molecule has 0 aromatic heterocycles. The Morgan fingerprint density at radius 2 is 1.17 bits per heavy atom. The fraction of sp³-hybridized carbons (Fsp3) is 0. The van der Waals surface area contributed by atoms with Crippen molar-refractivity contribution in [3.63, 3.8) is 0 Å². The molecule has 0 spiro atoms. The second kappa shape index (κ2) is 3.04. The van der Waals surface area contributed by atoms with Gasteiger partial charge in [-0.2, -0.15) is 0 Å². The van der Waals surface area contributed by atoms with E-state index in [1.165, 1.54) is 37.6 Å². The molecule has 12 heavy (non-hydrogen) atoms. The number of hydrogen-bond acceptors (Lipinski definition) is 4. The van der Waals surface area contributed by atoms with Crippen molar-refractivity contribution in [1.82, 2.24) is 0 Å². The molecule has 0 unspecified atom stereocenters. The highest BCUT2D eigenvalue weighted by atomic mass is 16.6. The van der Waals surface area contributed by atoms with Gasteiger partial charge >= 0.3 is 0 Å². The van der Waals surface area contributed by atoms with E-state index in [0.29, 0.717) is 11.5 Å². The molecular formula is C8H6O4. The van der Waals surface area contributed by atoms with E-state index in [9.17, 15) is 0 Å². The molecule has 0 saturated carbocycles. The van der Waals surface area contributed by atoms with E-state index >= 15 is 0 Å². The van der Waals surface area contributed by atoms with Crippen molar-refractivity contribution in [2.45, 2.75) is 0 Å². The van der Waals surface area contributed by atoms with E-state index in [4.69, 9.17) is 18.9 Å². The maximum Gasteiger partial charge on any atom is 0.207 e. The number of rotatable bonds is 1. The van der Waals surface area contributed by atoms with Gasteiger partial charge in [-0.25, -0.2) is 0 Å². The Labute approximate surface area is 69.0 Å². The molecule has 2 aliphatic heterocycles. The summed E-state index contributed by atoms with van der Waals surface area (Å²) in [4.78, 5) is 0. The maximum absolute atomic E-state index is 5.07. The first-order chi connectivity index (χ1) is 5.97. The molecule has 0 N–H and O–H groups in total. The molecule has 0 saturated heterocycles. The summed E-state index contributed by atoms with van der Waals surface area (Å²) in [7, 11) is 0. The van der Waals surface area contributed by atoms with Crippen molar-refractivity contribution in [3.05, 3.63) is 49.1 Å². The van der Waals surface area contributed by atoms with Crippen molar-refractivity contribution in [2.24, 2.45) is 0 Å². The molecule has 2 heterocycles. The fourth-order valence-corrected chi connectivity index (χ4v) is 0.756. The molecule has 4 nitrogen and oxygen atoms in total. The summed E-state index contributed by atoms with van der Waals surface area (Å²) in [5.41, 5.74) is 0. The lowest BCUT2D eigenvalue weighted by Gasteiger charge is -2.13. The molecule has 2 rings (SSSR count). The van der Waals surface area contributed by atoms with E-state index in [2.05, 4.69) is 0 Å². The molecule has 0 bridgehead atoms. The van der Waals surface area contributed by atoms with E-state index in [1.54, 1.807) is 0 Å². The van der Waals surface area contributed by atoms with Crippen LogP contribution in [-0.4, -0.2) is 0 Å². The van der Waals surface area contributed by atoms with Crippen LogP contribution in [0.15, 0.2) is 49.1 Å². The number of hydrogen-bond donors (Lipinski definition) is 0. The zero-order chi connectivity index (χ0) is 8.23. The van der Waals surface area contributed by atoms with Crippen LogP contribution < -0.4 is 0 Å². The molecule has 2 aliphatic rings. The molecule has 0 aromatic carbocycles. The van der Waals surface area contributed by atoms with Crippen molar-refractivity contribution in [3.8, 4) is 0 Å². The third-order valence-electron chi connectivity index (χ3n) is 1.25. The van der Waals surface area contributed by atoms with Gasteiger partial charge in [-0.1, -0.05) is 0 Å². The summed E-state index contributed by atoms with van der Waals surface area (Å²) in [5.74, 6) is 0.948. The van der Waals surface area contributed by atoms with E-state index in [-0.39, 0.29) is 0 Å². The Morgan fingerprint density at radius 3 is 1.50 bits per heavy atom. The van der Waals surface area contributed by atoms with E-state index in [1.807, 2.05) is 0 Å². The van der Waals surface area contributed by atoms with Gasteiger partial charge in [-0.05, 0) is 0 Å². The first-order valence-electron chi connectivity index (χ1n) is 3.32. The first-order valence-corrected chi connectivity index (χ1v) is 3.32. The van der Waals surface area contributed by atoms with Crippen molar-refractivity contribution >= 4 is 0 Å². The lowest BCUT2D eigenvalue weighted by Crippen LogP contribution is -2.00. The molecule has 0 fully saturated rings. The van der Waals surface area contributed by atoms with Gasteiger partial charge in [-0.15, -0.1) is 0 Å². The van der Waals surface area contributed by atoms with Crippen LogP contribution in [0, 0.1) is 0 Å². The van der Waals surface area contributed by atoms with Crippen LogP contribution >= 0.6 is 0 Å². The van der Waals surface area contributed by atoms with Gasteiger partial charge < -0.3 is 18.9 Å². The normalized spacial score (nSPS) is 19.3. The Hall–Kier alpha value is -1.84. The van der Waals surface area contributed by atoms with E-state index < -0.39 is 0 Å². The topological polar surface area (TPSA) is 36.9 Å². The van der Waals surface area contributed by atoms with Crippen LogP contribution in [0.5, 0.6) is 0 Å². The first kappa shape index (κ1) is 6.84. The Kier molecular flexibility index (Phi) is 1.74. The summed E-state index contributed by atoms with van der Waals surface area (Å²) in [6.07, 6.45) is 8.52. The third-order valence-corrected chi connectivity index (χ3v) is 1.25. The van der Waals surface area contributed by atoms with Crippen LogP contribution in [-0.2, 0) is 18.9 Å². The highest BCUT2D eigenvalue weighted by molar-refractivity contribution is 5.20. The van der Waals surface area contributed by atoms with Crippen LogP contribution in [0.2, 0.25) is 0 Å². The summed E-state index contributed by atoms with van der Waals surface area (Å²) in [6.45, 7) is 0. The lowest BCUT2D eigenvalue weighted by molar-refractivity contribution is 0.198. The summed E-state index contributed by atoms with van der Waals surface area (Å²) < 4.78 is 19.9. The quantitative estimate of drug-likeness (QED) is 0.594. The average Bonchev–Trinajstić information content (AvgIpc) is 2.21. The Bertz CT molecular complexity index is 255. The molecule has 0 amide bonds. The van der Waals surface area contributed by atoms with Gasteiger partial charge in [0, 0.05) is 0 Å². The SMILES string of the molecule is C1=COC(C2=COC=CO2)=CO1. The highest BCUT2D eigenvalue weighted by Crippen LogP contribution is 2.19. The monoisotopic (exact) mass is 166 g/mol. The van der Waals surface area contributed by atoms with Gasteiger partial charge in [0.2, 0.25) is 11.5 Å². The van der Waals surface area contributed by atoms with Gasteiger partial charge in [-0.3, -0.25) is 0 Å². The summed E-state index contributed by atoms with van der Waals surface area (Å²) >= 11 is 0. The summed E-state index contributed by atoms with van der Waals surface area (Å²) in [5, 5.41) is 0. The van der Waals surface area contributed by atoms with Crippen LogP contribution in [0.25, 0.3) is 0 Å². The zero-order valence-electron chi connectivity index (χ0n) is 6.10. The minimum Gasteiger partial charge on any atom is -0.465 e. The second-order valence-electron chi connectivity index (χ2n) is 2.02. The maximum atomic E-state index is 5.07. The molecule has 0 aromatic rings. The molecule has 0 radical (unpaired) electrons. The second-order valence-corrected chi connectivity index (χ2v) is 2.02. The minimum absolute atomic E-state index is 0.474. The molecule has 62 valence electrons. The standard InChI is InChI=1S/C8H6O4/c1-3-11-7(5-9-1)8-6-10-2-4-12-8/h1-6H. The van der Waals surface area contributed by atoms with E-state index in [0.717, 1.165) is 0 Å². The van der Waals surface area contributed by atoms with Crippen LogP contribution in [0.3, 0.4) is 0 Å². The van der Waals surface area contributed by atoms with Gasteiger partial charge in [0.1, 0.15) is 37.6 Å². The molecule has 0 atom stereocenters. The van der Waals surface area contributed by atoms with Crippen molar-refractivity contribution in [1.29, 1.82) is 0 Å². The Balaban J connectivity index is 2.08. The average molecular weight is 166 g/mol. The number of ether oxygens (including phenoxy) is 4. The van der Waals surface area contributed by atoms with Gasteiger partial charge in [0.05, 0.1) is 0 Å². The van der Waals surface area contributed by atoms with Crippen molar-refractivity contribution in [2.75, 3.05) is 0 Å². The minimum atomic E-state index is 0.474. The predicted octanol–water partition coefficient (Wildman–Crippen LogP) is 1.71. The largest absolute Gasteiger partial charge is 0.465 e. The summed E-state index contributed by atoms with van der Waals surface area (Å²) in [6, 6.07) is 0. The predicted molar refractivity (Wildman–Crippen MR) is 38.8 cm³/mol. The van der Waals surface area contributed by atoms with Gasteiger partial charge in [0.15, 0.2) is 0 Å². The zero-order valence-corrected chi connectivity index (χ0v) is 6.10. The van der Waals surface area contributed by atoms with Crippen LogP contribution in [0.4, 0.5) is 0 Å².